The maximum atomic E-state index is 2.51. The summed E-state index contributed by atoms with van der Waals surface area (Å²) >= 11 is 2.91. The number of rotatable bonds is 2. The molecule has 9 heavy (non-hydrogen) atoms. The molecule has 0 aliphatic carbocycles. The van der Waals surface area contributed by atoms with Crippen LogP contribution in [0.15, 0.2) is 0 Å². The summed E-state index contributed by atoms with van der Waals surface area (Å²) in [6, 6.07) is 0. The topological polar surface area (TPSA) is 3.24 Å². The van der Waals surface area contributed by atoms with Gasteiger partial charge < -0.3 is 0 Å². The third kappa shape index (κ3) is 4.78. The van der Waals surface area contributed by atoms with Crippen molar-refractivity contribution in [1.29, 1.82) is 0 Å². The van der Waals surface area contributed by atoms with Crippen LogP contribution in [0.25, 0.3) is 0 Å². The average molecular weight is 354 g/mol. The number of alkyl halides is 1. The van der Waals surface area contributed by atoms with E-state index in [4.69, 9.17) is 0 Å². The molecular formula is C6H14I2N-. The van der Waals surface area contributed by atoms with Crippen LogP contribution in [0.2, 0.25) is 0 Å². The van der Waals surface area contributed by atoms with E-state index in [1.54, 1.807) is 0 Å². The zero-order valence-corrected chi connectivity index (χ0v) is 10.7. The van der Waals surface area contributed by atoms with Crippen LogP contribution < -0.4 is 17.2 Å². The molecule has 0 aromatic rings. The molecule has 0 fully saturated rings. The van der Waals surface area contributed by atoms with Crippen LogP contribution in [0.5, 0.6) is 0 Å². The van der Waals surface area contributed by atoms with Gasteiger partial charge in [-0.3, -0.25) is 0 Å². The van der Waals surface area contributed by atoms with E-state index in [9.17, 15) is 0 Å². The molecular weight excluding hydrogens is 340 g/mol. The monoisotopic (exact) mass is 354 g/mol. The Labute approximate surface area is 78.0 Å². The molecule has 1 nitrogen and oxygen atoms in total. The van der Waals surface area contributed by atoms with Gasteiger partial charge in [-0.05, 0) is 0 Å². The second-order valence-electron chi connectivity index (χ2n) is 3.09. The molecule has 0 saturated heterocycles. The van der Waals surface area contributed by atoms with Crippen LogP contribution in [-0.4, -0.2) is 22.0 Å². The molecule has 3 heteroatoms. The first kappa shape index (κ1) is 10.4. The van der Waals surface area contributed by atoms with Gasteiger partial charge in [0.05, 0.1) is 0 Å². The number of halogens is 2. The molecule has 0 radical (unpaired) electrons. The Morgan fingerprint density at radius 2 is 1.89 bits per heavy atom. The first-order valence-electron chi connectivity index (χ1n) is 2.90. The van der Waals surface area contributed by atoms with Gasteiger partial charge in [-0.15, -0.1) is 0 Å². The molecule has 0 amide bonds. The molecule has 0 heterocycles. The van der Waals surface area contributed by atoms with Crippen LogP contribution in [-0.2, 0) is 0 Å². The van der Waals surface area contributed by atoms with Gasteiger partial charge in [0.2, 0.25) is 0 Å². The molecule has 58 valence electrons. The molecule has 0 aromatic heterocycles. The minimum atomic E-state index is 0.366. The van der Waals surface area contributed by atoms with E-state index < -0.39 is 0 Å². The summed E-state index contributed by atoms with van der Waals surface area (Å²) in [5.41, 5.74) is 0.366. The van der Waals surface area contributed by atoms with Crippen molar-refractivity contribution in [3.05, 3.63) is 0 Å². The molecule has 0 rings (SSSR count). The van der Waals surface area contributed by atoms with E-state index in [1.807, 2.05) is 0 Å². The van der Waals surface area contributed by atoms with E-state index >= 15 is 0 Å². The Balaban J connectivity index is 3.59. The molecule has 0 unspecified atom stereocenters. The van der Waals surface area contributed by atoms with E-state index in [-0.39, 0.29) is 0 Å². The Kier molecular flexibility index (Phi) is 5.01. The van der Waals surface area contributed by atoms with Gasteiger partial charge >= 0.3 is 78.7 Å². The fourth-order valence-corrected chi connectivity index (χ4v) is 4.25. The van der Waals surface area contributed by atoms with Gasteiger partial charge in [-0.1, -0.05) is 0 Å². The van der Waals surface area contributed by atoms with Crippen molar-refractivity contribution in [2.75, 3.05) is 11.6 Å². The molecule has 0 aromatic carbocycles. The second kappa shape index (κ2) is 4.33. The van der Waals surface area contributed by atoms with Crippen LogP contribution >= 0.6 is 18.6 Å². The van der Waals surface area contributed by atoms with E-state index in [0.29, 0.717) is 22.8 Å². The van der Waals surface area contributed by atoms with Crippen LogP contribution in [0.4, 0.5) is 0 Å². The molecule has 0 atom stereocenters. The summed E-state index contributed by atoms with van der Waals surface area (Å²) in [7, 11) is 2.19. The SMILES string of the molecule is CN(C[I-]I)C(C)(C)C. The predicted octanol–water partition coefficient (Wildman–Crippen LogP) is -0.887. The van der Waals surface area contributed by atoms with Crippen molar-refractivity contribution in [2.24, 2.45) is 0 Å². The molecule has 0 saturated carbocycles. The second-order valence-corrected chi connectivity index (χ2v) is 8.22. The zero-order chi connectivity index (χ0) is 7.49. The van der Waals surface area contributed by atoms with Crippen LogP contribution in [0.3, 0.4) is 0 Å². The van der Waals surface area contributed by atoms with Crippen molar-refractivity contribution in [3.8, 4) is 0 Å². The van der Waals surface area contributed by atoms with E-state index in [1.165, 1.54) is 4.55 Å². The average Bonchev–Trinajstić information content (AvgIpc) is 1.64. The fourth-order valence-electron chi connectivity index (χ4n) is 0.247. The van der Waals surface area contributed by atoms with Crippen molar-refractivity contribution >= 4 is 18.6 Å². The molecule has 0 bridgehead atoms. The number of hydrogen-bond acceptors (Lipinski definition) is 1. The number of hydrogen-bond donors (Lipinski definition) is 0. The standard InChI is InChI=1S/C6H14I2N/c1-6(2,3)9(4)5-8-7/h5H2,1-4H3/q-1. The summed E-state index contributed by atoms with van der Waals surface area (Å²) in [6.07, 6.45) is 0. The Morgan fingerprint density at radius 3 is 2.00 bits per heavy atom. The summed E-state index contributed by atoms with van der Waals surface area (Å²) in [4.78, 5) is 2.41. The zero-order valence-electron chi connectivity index (χ0n) is 6.41. The maximum absolute atomic E-state index is 2.51. The summed E-state index contributed by atoms with van der Waals surface area (Å²) < 4.78 is 1.29. The van der Waals surface area contributed by atoms with Crippen molar-refractivity contribution < 1.29 is 17.2 Å². The fraction of sp³-hybridized carbons (Fsp3) is 1.00. The third-order valence-electron chi connectivity index (χ3n) is 1.37. The van der Waals surface area contributed by atoms with Gasteiger partial charge in [-0.25, -0.2) is 0 Å². The predicted molar refractivity (Wildman–Crippen MR) is 46.4 cm³/mol. The first-order chi connectivity index (χ1) is 3.98. The Hall–Kier alpha value is 1.42. The Morgan fingerprint density at radius 1 is 1.44 bits per heavy atom. The van der Waals surface area contributed by atoms with Gasteiger partial charge in [0.25, 0.3) is 0 Å². The minimum absolute atomic E-state index is 0.366. The van der Waals surface area contributed by atoms with Crippen molar-refractivity contribution in [1.82, 2.24) is 4.90 Å². The van der Waals surface area contributed by atoms with Crippen molar-refractivity contribution in [3.63, 3.8) is 0 Å². The Bertz CT molecular complexity index is 77.6. The molecule has 0 aliphatic heterocycles. The van der Waals surface area contributed by atoms with Crippen LogP contribution in [0.1, 0.15) is 20.8 Å². The van der Waals surface area contributed by atoms with Gasteiger partial charge in [-0.2, -0.15) is 0 Å². The van der Waals surface area contributed by atoms with Gasteiger partial charge in [0.1, 0.15) is 0 Å². The number of nitrogens with zero attached hydrogens (tertiary/aromatic N) is 1. The van der Waals surface area contributed by atoms with E-state index in [2.05, 4.69) is 51.3 Å². The van der Waals surface area contributed by atoms with Crippen molar-refractivity contribution in [2.45, 2.75) is 26.3 Å². The molecule has 0 aliphatic rings. The molecule has 0 spiro atoms. The summed E-state index contributed by atoms with van der Waals surface area (Å²) in [5.74, 6) is 0. The normalized spacial score (nSPS) is 13.1. The van der Waals surface area contributed by atoms with Gasteiger partial charge in [0.15, 0.2) is 0 Å². The van der Waals surface area contributed by atoms with E-state index in [0.717, 1.165) is 0 Å². The summed E-state index contributed by atoms with van der Waals surface area (Å²) in [6.45, 7) is 6.76. The third-order valence-corrected chi connectivity index (χ3v) is 4.38. The van der Waals surface area contributed by atoms with Crippen LogP contribution in [0, 0.1) is 0 Å². The quantitative estimate of drug-likeness (QED) is 0.354. The molecule has 0 N–H and O–H groups in total. The first-order valence-corrected chi connectivity index (χ1v) is 10.7. The summed E-state index contributed by atoms with van der Waals surface area (Å²) in [5, 5.41) is 0. The van der Waals surface area contributed by atoms with Gasteiger partial charge in [0, 0.05) is 0 Å².